The van der Waals surface area contributed by atoms with Crippen LogP contribution < -0.4 is 5.32 Å². The summed E-state index contributed by atoms with van der Waals surface area (Å²) in [5, 5.41) is 10.5. The van der Waals surface area contributed by atoms with Crippen LogP contribution in [-0.4, -0.2) is 36.3 Å². The predicted octanol–water partition coefficient (Wildman–Crippen LogP) is -0.115. The summed E-state index contributed by atoms with van der Waals surface area (Å²) in [5.41, 5.74) is 0. The Hall–Kier alpha value is -1.57. The lowest BCUT2D eigenvalue weighted by Crippen LogP contribution is -2.42. The molecule has 0 spiro atoms. The first-order valence-electron chi connectivity index (χ1n) is 5.13. The fourth-order valence-electron chi connectivity index (χ4n) is 1.69. The monoisotopic (exact) mass is 209 g/mol. The van der Waals surface area contributed by atoms with Crippen molar-refractivity contribution in [1.29, 1.82) is 5.26 Å². The van der Waals surface area contributed by atoms with E-state index in [1.54, 1.807) is 11.0 Å². The lowest BCUT2D eigenvalue weighted by atomic mass is 10.1. The summed E-state index contributed by atoms with van der Waals surface area (Å²) < 4.78 is 0. The largest absolute Gasteiger partial charge is 0.335 e. The molecule has 1 aliphatic heterocycles. The summed E-state index contributed by atoms with van der Waals surface area (Å²) in [6.07, 6.45) is 2.00. The lowest BCUT2D eigenvalue weighted by molar-refractivity contribution is -0.145. The zero-order chi connectivity index (χ0) is 11.3. The van der Waals surface area contributed by atoms with E-state index in [1.165, 1.54) is 0 Å². The molecule has 1 heterocycles. The van der Waals surface area contributed by atoms with E-state index < -0.39 is 11.8 Å². The van der Waals surface area contributed by atoms with Crippen LogP contribution in [0.3, 0.4) is 0 Å². The van der Waals surface area contributed by atoms with Crippen LogP contribution in [0, 0.1) is 17.2 Å². The number of nitriles is 1. The van der Waals surface area contributed by atoms with Crippen molar-refractivity contribution in [3.63, 3.8) is 0 Å². The van der Waals surface area contributed by atoms with Crippen LogP contribution in [0.5, 0.6) is 0 Å². The molecule has 0 aliphatic carbocycles. The molecule has 5 nitrogen and oxygen atoms in total. The molecule has 1 rings (SSSR count). The van der Waals surface area contributed by atoms with E-state index in [-0.39, 0.29) is 6.54 Å². The van der Waals surface area contributed by atoms with E-state index in [2.05, 4.69) is 12.2 Å². The number of amides is 2. The molecule has 15 heavy (non-hydrogen) atoms. The third-order valence-corrected chi connectivity index (χ3v) is 2.67. The Bertz CT molecular complexity index is 296. The number of carbonyl (C=O) groups is 2. The lowest BCUT2D eigenvalue weighted by Gasteiger charge is -2.14. The molecule has 0 radical (unpaired) electrons. The third-order valence-electron chi connectivity index (χ3n) is 2.67. The highest BCUT2D eigenvalue weighted by atomic mass is 16.2. The summed E-state index contributed by atoms with van der Waals surface area (Å²) in [6, 6.07) is 1.76. The Morgan fingerprint density at radius 1 is 1.60 bits per heavy atom. The molecule has 1 atom stereocenters. The van der Waals surface area contributed by atoms with Gasteiger partial charge in [-0.2, -0.15) is 5.26 Å². The van der Waals surface area contributed by atoms with Gasteiger partial charge in [0.15, 0.2) is 0 Å². The molecule has 5 heteroatoms. The smallest absolute Gasteiger partial charge is 0.311 e. The second kappa shape index (κ2) is 5.35. The summed E-state index contributed by atoms with van der Waals surface area (Å²) in [4.78, 5) is 24.3. The number of nitrogens with zero attached hydrogens (tertiary/aromatic N) is 2. The molecule has 0 aromatic rings. The highest BCUT2D eigenvalue weighted by Crippen LogP contribution is 2.18. The van der Waals surface area contributed by atoms with Crippen molar-refractivity contribution in [2.75, 3.05) is 19.6 Å². The zero-order valence-electron chi connectivity index (χ0n) is 8.82. The van der Waals surface area contributed by atoms with Gasteiger partial charge in [0.05, 0.1) is 6.07 Å². The van der Waals surface area contributed by atoms with Gasteiger partial charge in [-0.1, -0.05) is 13.3 Å². The number of likely N-dealkylation sites (tertiary alicyclic amines) is 1. The maximum Gasteiger partial charge on any atom is 0.311 e. The van der Waals surface area contributed by atoms with Gasteiger partial charge in [-0.3, -0.25) is 9.59 Å². The van der Waals surface area contributed by atoms with Gasteiger partial charge in [-0.25, -0.2) is 0 Å². The van der Waals surface area contributed by atoms with Gasteiger partial charge in [0, 0.05) is 13.1 Å². The van der Waals surface area contributed by atoms with Gasteiger partial charge in [0.25, 0.3) is 0 Å². The SMILES string of the molecule is CCC1CCN(C(=O)C(=O)NCC#N)C1. The second-order valence-electron chi connectivity index (χ2n) is 3.65. The van der Waals surface area contributed by atoms with Gasteiger partial charge in [0.2, 0.25) is 0 Å². The first kappa shape index (κ1) is 11.5. The fourth-order valence-corrected chi connectivity index (χ4v) is 1.69. The molecular weight excluding hydrogens is 194 g/mol. The van der Waals surface area contributed by atoms with Crippen LogP contribution in [0.1, 0.15) is 19.8 Å². The summed E-state index contributed by atoms with van der Waals surface area (Å²) in [7, 11) is 0. The van der Waals surface area contributed by atoms with Crippen LogP contribution in [0.15, 0.2) is 0 Å². The first-order valence-corrected chi connectivity index (χ1v) is 5.13. The molecule has 1 fully saturated rings. The van der Waals surface area contributed by atoms with E-state index in [0.29, 0.717) is 19.0 Å². The van der Waals surface area contributed by atoms with Crippen molar-refractivity contribution in [2.45, 2.75) is 19.8 Å². The quantitative estimate of drug-likeness (QED) is 0.509. The molecule has 0 saturated carbocycles. The number of carbonyl (C=O) groups excluding carboxylic acids is 2. The Morgan fingerprint density at radius 2 is 2.33 bits per heavy atom. The number of hydrogen-bond acceptors (Lipinski definition) is 3. The van der Waals surface area contributed by atoms with Crippen LogP contribution in [0.25, 0.3) is 0 Å². The molecule has 2 amide bonds. The Labute approximate surface area is 89.0 Å². The summed E-state index contributed by atoms with van der Waals surface area (Å²) in [5.74, 6) is -0.674. The minimum absolute atomic E-state index is 0.115. The third kappa shape index (κ3) is 2.94. The number of nitrogens with one attached hydrogen (secondary N) is 1. The van der Waals surface area contributed by atoms with Crippen molar-refractivity contribution >= 4 is 11.8 Å². The maximum absolute atomic E-state index is 11.5. The van der Waals surface area contributed by atoms with Crippen molar-refractivity contribution in [1.82, 2.24) is 10.2 Å². The second-order valence-corrected chi connectivity index (χ2v) is 3.65. The van der Waals surface area contributed by atoms with Gasteiger partial charge in [-0.05, 0) is 12.3 Å². The van der Waals surface area contributed by atoms with Crippen molar-refractivity contribution in [3.05, 3.63) is 0 Å². The van der Waals surface area contributed by atoms with E-state index in [4.69, 9.17) is 5.26 Å². The van der Waals surface area contributed by atoms with Crippen LogP contribution in [0.4, 0.5) is 0 Å². The minimum Gasteiger partial charge on any atom is -0.335 e. The van der Waals surface area contributed by atoms with Crippen molar-refractivity contribution in [2.24, 2.45) is 5.92 Å². The Kier molecular flexibility index (Phi) is 4.10. The molecule has 0 bridgehead atoms. The standard InChI is InChI=1S/C10H15N3O2/c1-2-8-3-6-13(7-8)10(15)9(14)12-5-4-11/h8H,2-3,5-7H2,1H3,(H,12,14). The molecule has 1 aliphatic rings. The average molecular weight is 209 g/mol. The Morgan fingerprint density at radius 3 is 2.87 bits per heavy atom. The highest BCUT2D eigenvalue weighted by molar-refractivity contribution is 6.35. The van der Waals surface area contributed by atoms with E-state index in [1.807, 2.05) is 0 Å². The number of rotatable bonds is 2. The zero-order valence-corrected chi connectivity index (χ0v) is 8.82. The van der Waals surface area contributed by atoms with Crippen molar-refractivity contribution in [3.8, 4) is 6.07 Å². The number of hydrogen-bond donors (Lipinski definition) is 1. The molecule has 1 saturated heterocycles. The normalized spacial score (nSPS) is 19.7. The molecule has 82 valence electrons. The van der Waals surface area contributed by atoms with Gasteiger partial charge in [0.1, 0.15) is 6.54 Å². The maximum atomic E-state index is 11.5. The highest BCUT2D eigenvalue weighted by Gasteiger charge is 2.28. The topological polar surface area (TPSA) is 73.2 Å². The predicted molar refractivity (Wildman–Crippen MR) is 53.6 cm³/mol. The summed E-state index contributed by atoms with van der Waals surface area (Å²) in [6.45, 7) is 3.27. The molecule has 0 aromatic heterocycles. The first-order chi connectivity index (χ1) is 7.19. The Balaban J connectivity index is 2.41. The van der Waals surface area contributed by atoms with E-state index in [9.17, 15) is 9.59 Å². The van der Waals surface area contributed by atoms with E-state index >= 15 is 0 Å². The fraction of sp³-hybridized carbons (Fsp3) is 0.700. The van der Waals surface area contributed by atoms with Gasteiger partial charge >= 0.3 is 11.8 Å². The van der Waals surface area contributed by atoms with E-state index in [0.717, 1.165) is 12.8 Å². The van der Waals surface area contributed by atoms with Crippen LogP contribution in [-0.2, 0) is 9.59 Å². The molecule has 1 unspecified atom stereocenters. The average Bonchev–Trinajstić information content (AvgIpc) is 2.73. The van der Waals surface area contributed by atoms with Gasteiger partial charge in [-0.15, -0.1) is 0 Å². The van der Waals surface area contributed by atoms with Crippen LogP contribution >= 0.6 is 0 Å². The molecule has 1 N–H and O–H groups in total. The minimum atomic E-state index is -0.673. The van der Waals surface area contributed by atoms with Gasteiger partial charge < -0.3 is 10.2 Å². The molecular formula is C10H15N3O2. The van der Waals surface area contributed by atoms with Crippen molar-refractivity contribution < 1.29 is 9.59 Å². The molecule has 0 aromatic carbocycles. The summed E-state index contributed by atoms with van der Waals surface area (Å²) >= 11 is 0. The van der Waals surface area contributed by atoms with Crippen LogP contribution in [0.2, 0.25) is 0 Å².